The number of nitrogens with one attached hydrogen (secondary N) is 1. The molecular weight excluding hydrogens is 425 g/mol. The van der Waals surface area contributed by atoms with Crippen LogP contribution in [-0.4, -0.2) is 19.6 Å². The third-order valence-electron chi connectivity index (χ3n) is 4.24. The molecule has 0 aliphatic rings. The fraction of sp³-hybridized carbons (Fsp3) is 0.174. The van der Waals surface area contributed by atoms with Crippen molar-refractivity contribution < 1.29 is 19.0 Å². The van der Waals surface area contributed by atoms with Crippen molar-refractivity contribution in [3.63, 3.8) is 0 Å². The first-order valence-electron chi connectivity index (χ1n) is 9.29. The molecule has 0 spiro atoms. The number of hydrogen-bond acceptors (Lipinski definition) is 4. The Morgan fingerprint density at radius 3 is 2.47 bits per heavy atom. The van der Waals surface area contributed by atoms with Gasteiger partial charge in [0, 0.05) is 22.9 Å². The molecule has 0 atom stereocenters. The highest BCUT2D eigenvalue weighted by molar-refractivity contribution is 6.42. The second-order valence-corrected chi connectivity index (χ2v) is 7.12. The van der Waals surface area contributed by atoms with Crippen LogP contribution in [0.5, 0.6) is 17.2 Å². The topological polar surface area (TPSA) is 56.8 Å². The highest BCUT2D eigenvalue weighted by Gasteiger charge is 2.13. The lowest BCUT2D eigenvalue weighted by molar-refractivity contribution is 0.102. The summed E-state index contributed by atoms with van der Waals surface area (Å²) in [5.41, 5.74) is 1.77. The van der Waals surface area contributed by atoms with E-state index in [4.69, 9.17) is 37.4 Å². The largest absolute Gasteiger partial charge is 0.497 e. The predicted molar refractivity (Wildman–Crippen MR) is 119 cm³/mol. The number of ether oxygens (including phenoxy) is 3. The standard InChI is InChI=1S/C23H21Cl2NO4/c1-3-29-22-10-7-15(23(27)26-17-8-9-20(24)21(25)12-17)11-16(22)14-30-19-6-4-5-18(13-19)28-2/h4-13H,3,14H2,1-2H3,(H,26,27). The Morgan fingerprint density at radius 2 is 1.73 bits per heavy atom. The van der Waals surface area contributed by atoms with Crippen molar-refractivity contribution in [2.75, 3.05) is 19.0 Å². The van der Waals surface area contributed by atoms with Gasteiger partial charge in [-0.2, -0.15) is 0 Å². The van der Waals surface area contributed by atoms with Gasteiger partial charge < -0.3 is 19.5 Å². The normalized spacial score (nSPS) is 10.4. The molecule has 0 aliphatic carbocycles. The van der Waals surface area contributed by atoms with Crippen LogP contribution < -0.4 is 19.5 Å². The number of benzene rings is 3. The van der Waals surface area contributed by atoms with Gasteiger partial charge in [-0.15, -0.1) is 0 Å². The second kappa shape index (κ2) is 10.2. The minimum atomic E-state index is -0.279. The Kier molecular flexibility index (Phi) is 7.44. The fourth-order valence-corrected chi connectivity index (χ4v) is 3.06. The molecule has 0 saturated heterocycles. The van der Waals surface area contributed by atoms with E-state index in [-0.39, 0.29) is 12.5 Å². The summed E-state index contributed by atoms with van der Waals surface area (Å²) in [6.07, 6.45) is 0. The van der Waals surface area contributed by atoms with E-state index >= 15 is 0 Å². The lowest BCUT2D eigenvalue weighted by atomic mass is 10.1. The Hall–Kier alpha value is -2.89. The van der Waals surface area contributed by atoms with Gasteiger partial charge in [-0.1, -0.05) is 29.3 Å². The molecule has 156 valence electrons. The number of amides is 1. The van der Waals surface area contributed by atoms with Crippen molar-refractivity contribution in [2.45, 2.75) is 13.5 Å². The van der Waals surface area contributed by atoms with E-state index in [1.807, 2.05) is 25.1 Å². The van der Waals surface area contributed by atoms with Crippen molar-refractivity contribution in [2.24, 2.45) is 0 Å². The van der Waals surface area contributed by atoms with Crippen LogP contribution in [0, 0.1) is 0 Å². The van der Waals surface area contributed by atoms with Gasteiger partial charge in [0.1, 0.15) is 23.9 Å². The molecule has 5 nitrogen and oxygen atoms in total. The summed E-state index contributed by atoms with van der Waals surface area (Å²) in [7, 11) is 1.60. The van der Waals surface area contributed by atoms with Crippen molar-refractivity contribution >= 4 is 34.8 Å². The van der Waals surface area contributed by atoms with Gasteiger partial charge in [-0.05, 0) is 55.5 Å². The smallest absolute Gasteiger partial charge is 0.255 e. The van der Waals surface area contributed by atoms with Crippen LogP contribution in [0.4, 0.5) is 5.69 Å². The van der Waals surface area contributed by atoms with Gasteiger partial charge >= 0.3 is 0 Å². The Morgan fingerprint density at radius 1 is 0.933 bits per heavy atom. The number of rotatable bonds is 8. The van der Waals surface area contributed by atoms with E-state index in [9.17, 15) is 4.79 Å². The van der Waals surface area contributed by atoms with Gasteiger partial charge in [-0.25, -0.2) is 0 Å². The third kappa shape index (κ3) is 5.59. The van der Waals surface area contributed by atoms with E-state index in [0.717, 1.165) is 5.56 Å². The highest BCUT2D eigenvalue weighted by Crippen LogP contribution is 2.27. The van der Waals surface area contributed by atoms with Gasteiger partial charge in [0.05, 0.1) is 23.8 Å². The summed E-state index contributed by atoms with van der Waals surface area (Å²) in [5, 5.41) is 3.61. The second-order valence-electron chi connectivity index (χ2n) is 6.31. The Labute approximate surface area is 185 Å². The summed E-state index contributed by atoms with van der Waals surface area (Å²) >= 11 is 11.9. The molecular formula is C23H21Cl2NO4. The molecule has 3 rings (SSSR count). The van der Waals surface area contributed by atoms with Crippen molar-refractivity contribution in [3.05, 3.63) is 81.8 Å². The van der Waals surface area contributed by atoms with Gasteiger partial charge in [-0.3, -0.25) is 4.79 Å². The molecule has 0 bridgehead atoms. The molecule has 7 heteroatoms. The molecule has 0 aromatic heterocycles. The summed E-state index contributed by atoms with van der Waals surface area (Å²) in [6.45, 7) is 2.63. The zero-order chi connectivity index (χ0) is 21.5. The van der Waals surface area contributed by atoms with Crippen molar-refractivity contribution in [1.29, 1.82) is 0 Å². The van der Waals surface area contributed by atoms with Crippen LogP contribution in [0.1, 0.15) is 22.8 Å². The summed E-state index contributed by atoms with van der Waals surface area (Å²) < 4.78 is 16.8. The molecule has 0 saturated carbocycles. The van der Waals surface area contributed by atoms with Crippen LogP contribution in [0.2, 0.25) is 10.0 Å². The number of halogens is 2. The first-order valence-corrected chi connectivity index (χ1v) is 10.0. The van der Waals surface area contributed by atoms with Gasteiger partial charge in [0.25, 0.3) is 5.91 Å². The summed E-state index contributed by atoms with van der Waals surface area (Å²) in [5.74, 6) is 1.74. The van der Waals surface area contributed by atoms with Crippen molar-refractivity contribution in [3.8, 4) is 17.2 Å². The van der Waals surface area contributed by atoms with Crippen LogP contribution in [-0.2, 0) is 6.61 Å². The fourth-order valence-electron chi connectivity index (χ4n) is 2.76. The summed E-state index contributed by atoms with van der Waals surface area (Å²) in [4.78, 5) is 12.7. The molecule has 0 heterocycles. The van der Waals surface area contributed by atoms with E-state index in [1.54, 1.807) is 49.6 Å². The zero-order valence-electron chi connectivity index (χ0n) is 16.6. The lowest BCUT2D eigenvalue weighted by Crippen LogP contribution is -2.13. The number of methoxy groups -OCH3 is 1. The molecule has 3 aromatic rings. The zero-order valence-corrected chi connectivity index (χ0v) is 18.1. The van der Waals surface area contributed by atoms with Gasteiger partial charge in [0.15, 0.2) is 0 Å². The molecule has 1 N–H and O–H groups in total. The molecule has 0 radical (unpaired) electrons. The van der Waals surface area contributed by atoms with Crippen LogP contribution >= 0.6 is 23.2 Å². The van der Waals surface area contributed by atoms with Crippen LogP contribution in [0.15, 0.2) is 60.7 Å². The molecule has 0 aliphatic heterocycles. The molecule has 1 amide bonds. The van der Waals surface area contributed by atoms with Crippen LogP contribution in [0.3, 0.4) is 0 Å². The third-order valence-corrected chi connectivity index (χ3v) is 4.97. The van der Waals surface area contributed by atoms with E-state index in [0.29, 0.717) is 45.2 Å². The van der Waals surface area contributed by atoms with Gasteiger partial charge in [0.2, 0.25) is 0 Å². The first-order chi connectivity index (χ1) is 14.5. The number of carbonyl (C=O) groups excluding carboxylic acids is 1. The predicted octanol–water partition coefficient (Wildman–Crippen LogP) is 6.23. The average molecular weight is 446 g/mol. The Bertz CT molecular complexity index is 1040. The molecule has 0 unspecified atom stereocenters. The maximum absolute atomic E-state index is 12.7. The maximum Gasteiger partial charge on any atom is 0.255 e. The van der Waals surface area contributed by atoms with E-state index in [2.05, 4.69) is 5.32 Å². The summed E-state index contributed by atoms with van der Waals surface area (Å²) in [6, 6.07) is 17.4. The molecule has 3 aromatic carbocycles. The Balaban J connectivity index is 1.78. The van der Waals surface area contributed by atoms with Crippen molar-refractivity contribution in [1.82, 2.24) is 0 Å². The average Bonchev–Trinajstić information content (AvgIpc) is 2.76. The van der Waals surface area contributed by atoms with Crippen LogP contribution in [0.25, 0.3) is 0 Å². The lowest BCUT2D eigenvalue weighted by Gasteiger charge is -2.14. The minimum Gasteiger partial charge on any atom is -0.497 e. The monoisotopic (exact) mass is 445 g/mol. The molecule has 30 heavy (non-hydrogen) atoms. The number of anilines is 1. The minimum absolute atomic E-state index is 0.233. The number of carbonyl (C=O) groups is 1. The first kappa shape index (κ1) is 21.8. The quantitative estimate of drug-likeness (QED) is 0.446. The molecule has 0 fully saturated rings. The van der Waals surface area contributed by atoms with E-state index in [1.165, 1.54) is 0 Å². The number of hydrogen-bond donors (Lipinski definition) is 1. The SMILES string of the molecule is CCOc1ccc(C(=O)Nc2ccc(Cl)c(Cl)c2)cc1COc1cccc(OC)c1. The highest BCUT2D eigenvalue weighted by atomic mass is 35.5. The maximum atomic E-state index is 12.7. The van der Waals surface area contributed by atoms with E-state index < -0.39 is 0 Å².